The van der Waals surface area contributed by atoms with Gasteiger partial charge in [-0.3, -0.25) is 14.4 Å². The van der Waals surface area contributed by atoms with Crippen molar-refractivity contribution in [2.45, 2.75) is 96.9 Å². The van der Waals surface area contributed by atoms with E-state index in [-0.39, 0.29) is 68.3 Å². The third-order valence-electron chi connectivity index (χ3n) is 9.55. The molecule has 0 saturated carbocycles. The Bertz CT molecular complexity index is 1610. The first-order chi connectivity index (χ1) is 25.6. The van der Waals surface area contributed by atoms with Gasteiger partial charge < -0.3 is 45.8 Å². The molecule has 1 unspecified atom stereocenters. The van der Waals surface area contributed by atoms with Crippen LogP contribution in [0.15, 0.2) is 48.5 Å². The number of likely N-dealkylation sites (N-methyl/N-ethyl adjacent to an activating group) is 1. The summed E-state index contributed by atoms with van der Waals surface area (Å²) in [4.78, 5) is 52.6. The number of rotatable bonds is 21. The number of hydrogen-bond donors (Lipinski definition) is 5. The number of anilines is 1. The maximum absolute atomic E-state index is 14.0. The van der Waals surface area contributed by atoms with Gasteiger partial charge in [-0.15, -0.1) is 0 Å². The average Bonchev–Trinajstić information content (AvgIpc) is 3.13. The lowest BCUT2D eigenvalue weighted by atomic mass is 9.95. The number of para-hydroxylation sites is 1. The number of alkyl carbamates (subject to hydrolysis) is 1. The fourth-order valence-corrected chi connectivity index (χ4v) is 5.99. The van der Waals surface area contributed by atoms with E-state index in [1.165, 1.54) is 5.01 Å². The smallest absolute Gasteiger partial charge is 0.407 e. The zero-order chi connectivity index (χ0) is 39.9. The summed E-state index contributed by atoms with van der Waals surface area (Å²) in [5.41, 5.74) is 9.55. The SMILES string of the molecule is CNC(CCCCNC(=O)OCCN(N)/C1=C(\N)c2ccccc2CN(C(=O)CCC(=O)NCC(C)(C)OCCC(C)(C)OC)c2ccccc21)C(C)=O. The van der Waals surface area contributed by atoms with Gasteiger partial charge >= 0.3 is 6.09 Å². The molecule has 3 rings (SSSR count). The van der Waals surface area contributed by atoms with Gasteiger partial charge in [0.05, 0.1) is 54.0 Å². The highest BCUT2D eigenvalue weighted by molar-refractivity contribution is 6.02. The van der Waals surface area contributed by atoms with Gasteiger partial charge in [0, 0.05) is 44.2 Å². The Labute approximate surface area is 320 Å². The first-order valence-corrected chi connectivity index (χ1v) is 18.6. The summed E-state index contributed by atoms with van der Waals surface area (Å²) < 4.78 is 16.9. The minimum absolute atomic E-state index is 0.00589. The first-order valence-electron chi connectivity index (χ1n) is 18.6. The van der Waals surface area contributed by atoms with Crippen molar-refractivity contribution in [3.05, 3.63) is 65.2 Å². The molecule has 0 spiro atoms. The number of Topliss-reactive ketones (excluding diaryl/α,β-unsaturated/α-hetero) is 1. The molecule has 3 amide bonds. The summed E-state index contributed by atoms with van der Waals surface area (Å²) in [6.45, 7) is 10.9. The third-order valence-corrected chi connectivity index (χ3v) is 9.55. The zero-order valence-electron chi connectivity index (χ0n) is 33.1. The van der Waals surface area contributed by atoms with Crippen LogP contribution in [0.5, 0.6) is 0 Å². The number of unbranched alkanes of at least 4 members (excludes halogenated alkanes) is 1. The second-order valence-corrected chi connectivity index (χ2v) is 14.7. The molecule has 0 bridgehead atoms. The molecule has 0 aliphatic carbocycles. The minimum atomic E-state index is -0.602. The average molecular weight is 752 g/mol. The number of benzene rings is 2. The molecule has 2 aromatic carbocycles. The largest absolute Gasteiger partial charge is 0.448 e. The summed E-state index contributed by atoms with van der Waals surface area (Å²) in [6.07, 6.45) is 2.25. The first kappa shape index (κ1) is 43.9. The number of fused-ring (bicyclic) bond motifs is 2. The minimum Gasteiger partial charge on any atom is -0.448 e. The third kappa shape index (κ3) is 13.4. The molecule has 0 radical (unpaired) electrons. The highest BCUT2D eigenvalue weighted by Crippen LogP contribution is 2.37. The van der Waals surface area contributed by atoms with Crippen LogP contribution in [-0.4, -0.2) is 92.9 Å². The Hall–Kier alpha value is -4.50. The highest BCUT2D eigenvalue weighted by Gasteiger charge is 2.29. The van der Waals surface area contributed by atoms with Crippen molar-refractivity contribution in [2.24, 2.45) is 11.6 Å². The van der Waals surface area contributed by atoms with E-state index in [4.69, 9.17) is 25.8 Å². The molecule has 0 fully saturated rings. The Morgan fingerprint density at radius 2 is 1.61 bits per heavy atom. The van der Waals surface area contributed by atoms with E-state index in [1.54, 1.807) is 26.0 Å². The molecule has 14 nitrogen and oxygen atoms in total. The fraction of sp³-hybridized carbons (Fsp3) is 0.550. The maximum Gasteiger partial charge on any atom is 0.407 e. The van der Waals surface area contributed by atoms with E-state index >= 15 is 0 Å². The van der Waals surface area contributed by atoms with Gasteiger partial charge in [0.15, 0.2) is 0 Å². The molecular formula is C40H61N7O7. The fourth-order valence-electron chi connectivity index (χ4n) is 5.99. The lowest BCUT2D eigenvalue weighted by molar-refractivity contribution is -0.126. The van der Waals surface area contributed by atoms with Crippen molar-refractivity contribution in [1.29, 1.82) is 0 Å². The molecule has 1 heterocycles. The predicted molar refractivity (Wildman–Crippen MR) is 211 cm³/mol. The van der Waals surface area contributed by atoms with Crippen LogP contribution in [0.4, 0.5) is 10.5 Å². The summed E-state index contributed by atoms with van der Waals surface area (Å²) in [6, 6.07) is 14.7. The van der Waals surface area contributed by atoms with Crippen LogP contribution in [-0.2, 0) is 35.1 Å². The number of nitrogens with zero attached hydrogens (tertiary/aromatic N) is 2. The molecule has 14 heteroatoms. The molecule has 1 atom stereocenters. The molecule has 1 aliphatic heterocycles. The summed E-state index contributed by atoms with van der Waals surface area (Å²) in [5.74, 6) is 6.24. The van der Waals surface area contributed by atoms with Crippen LogP contribution in [0.25, 0.3) is 11.4 Å². The van der Waals surface area contributed by atoms with Crippen molar-refractivity contribution in [3.63, 3.8) is 0 Å². The standard InChI is InChI=1S/C40H61N7O7/c1-28(48)32(43-6)17-12-13-22-44-38(51)53-25-23-47(42)37-31-16-10-11-18-33(31)46(26-29-14-8-9-15-30(29)36(37)41)35(50)20-19-34(49)45-27-40(4,5)54-24-21-39(2,3)52-7/h8-11,14-16,18,32,43H,12-13,17,19-27,41-42H2,1-7H3,(H,44,51)(H,45,49)/b37-36-. The number of amides is 3. The van der Waals surface area contributed by atoms with Crippen molar-refractivity contribution in [1.82, 2.24) is 21.0 Å². The van der Waals surface area contributed by atoms with Crippen LogP contribution in [0, 0.1) is 0 Å². The molecule has 0 aromatic heterocycles. The molecule has 1 aliphatic rings. The van der Waals surface area contributed by atoms with Crippen molar-refractivity contribution < 1.29 is 33.4 Å². The molecule has 298 valence electrons. The number of carbonyl (C=O) groups is 4. The van der Waals surface area contributed by atoms with E-state index in [2.05, 4.69) is 16.0 Å². The lowest BCUT2D eigenvalue weighted by Crippen LogP contribution is -2.42. The summed E-state index contributed by atoms with van der Waals surface area (Å²) >= 11 is 0. The number of hydrogen-bond acceptors (Lipinski definition) is 11. The predicted octanol–water partition coefficient (Wildman–Crippen LogP) is 4.07. The van der Waals surface area contributed by atoms with Crippen molar-refractivity contribution in [2.75, 3.05) is 51.9 Å². The number of ketones is 1. The van der Waals surface area contributed by atoms with E-state index < -0.39 is 11.7 Å². The molecule has 7 N–H and O–H groups in total. The normalized spacial score (nSPS) is 14.9. The zero-order valence-corrected chi connectivity index (χ0v) is 33.1. The van der Waals surface area contributed by atoms with E-state index in [1.807, 2.05) is 76.2 Å². The van der Waals surface area contributed by atoms with Gasteiger partial charge in [-0.25, -0.2) is 10.6 Å². The van der Waals surface area contributed by atoms with Crippen LogP contribution >= 0.6 is 0 Å². The number of carbonyl (C=O) groups excluding carboxylic acids is 4. The quantitative estimate of drug-likeness (QED) is 0.0702. The van der Waals surface area contributed by atoms with E-state index in [0.29, 0.717) is 60.6 Å². The Morgan fingerprint density at radius 1 is 0.926 bits per heavy atom. The second kappa shape index (κ2) is 20.8. The Morgan fingerprint density at radius 3 is 2.30 bits per heavy atom. The summed E-state index contributed by atoms with van der Waals surface area (Å²) in [7, 11) is 3.42. The van der Waals surface area contributed by atoms with Crippen LogP contribution < -0.4 is 32.4 Å². The summed E-state index contributed by atoms with van der Waals surface area (Å²) in [5, 5.41) is 10.1. The number of nitrogens with one attached hydrogen (secondary N) is 3. The van der Waals surface area contributed by atoms with Gasteiger partial charge in [-0.1, -0.05) is 42.5 Å². The Balaban J connectivity index is 1.66. The van der Waals surface area contributed by atoms with Crippen LogP contribution in [0.2, 0.25) is 0 Å². The number of ether oxygens (including phenoxy) is 3. The topological polar surface area (TPSA) is 191 Å². The molecule has 2 aromatic rings. The van der Waals surface area contributed by atoms with Gasteiger partial charge in [-0.05, 0) is 79.0 Å². The van der Waals surface area contributed by atoms with Crippen LogP contribution in [0.3, 0.4) is 0 Å². The van der Waals surface area contributed by atoms with Crippen LogP contribution in [0.1, 0.15) is 89.8 Å². The van der Waals surface area contributed by atoms with Gasteiger partial charge in [-0.2, -0.15) is 0 Å². The van der Waals surface area contributed by atoms with Crippen molar-refractivity contribution in [3.8, 4) is 0 Å². The number of nitrogens with two attached hydrogens (primary N) is 2. The molecular weight excluding hydrogens is 690 g/mol. The second-order valence-electron chi connectivity index (χ2n) is 14.7. The monoisotopic (exact) mass is 751 g/mol. The number of hydrazine groups is 1. The van der Waals surface area contributed by atoms with E-state index in [9.17, 15) is 19.2 Å². The Kier molecular flexibility index (Phi) is 16.9. The highest BCUT2D eigenvalue weighted by atomic mass is 16.5. The van der Waals surface area contributed by atoms with Gasteiger partial charge in [0.1, 0.15) is 12.4 Å². The maximum atomic E-state index is 14.0. The molecule has 54 heavy (non-hydrogen) atoms. The molecule has 0 saturated heterocycles. The van der Waals surface area contributed by atoms with E-state index in [0.717, 1.165) is 12.0 Å². The van der Waals surface area contributed by atoms with Gasteiger partial charge in [0.25, 0.3) is 0 Å². The van der Waals surface area contributed by atoms with Crippen molar-refractivity contribution >= 4 is 40.8 Å². The van der Waals surface area contributed by atoms with Gasteiger partial charge in [0.2, 0.25) is 11.8 Å². The number of methoxy groups -OCH3 is 1. The lowest BCUT2D eigenvalue weighted by Gasteiger charge is -2.33.